The van der Waals surface area contributed by atoms with Crippen LogP contribution in [0.3, 0.4) is 0 Å². The van der Waals surface area contributed by atoms with E-state index in [1.807, 2.05) is 31.2 Å². The van der Waals surface area contributed by atoms with Gasteiger partial charge in [-0.3, -0.25) is 0 Å². The number of benzene rings is 2. The first kappa shape index (κ1) is 21.2. The molecule has 154 valence electrons. The van der Waals surface area contributed by atoms with Crippen molar-refractivity contribution in [2.45, 2.75) is 59.8 Å². The summed E-state index contributed by atoms with van der Waals surface area (Å²) in [6, 6.07) is 12.5. The zero-order valence-corrected chi connectivity index (χ0v) is 18.6. The summed E-state index contributed by atoms with van der Waals surface area (Å²) in [4.78, 5) is 14.4. The molecule has 0 heterocycles. The van der Waals surface area contributed by atoms with Crippen molar-refractivity contribution in [3.05, 3.63) is 64.7 Å². The zero-order chi connectivity index (χ0) is 21.2. The highest BCUT2D eigenvalue weighted by Gasteiger charge is 2.28. The molecular weight excluding hydrogens is 358 g/mol. The number of hydrogen-bond acceptors (Lipinski definition) is 3. The summed E-state index contributed by atoms with van der Waals surface area (Å²) < 4.78 is 5.12. The Bertz CT molecular complexity index is 922. The highest BCUT2D eigenvalue weighted by Crippen LogP contribution is 2.42. The van der Waals surface area contributed by atoms with E-state index < -0.39 is 0 Å². The number of rotatable bonds is 6. The monoisotopic (exact) mass is 391 g/mol. The first-order chi connectivity index (χ1) is 13.8. The van der Waals surface area contributed by atoms with Gasteiger partial charge < -0.3 is 9.64 Å². The molecule has 0 amide bonds. The summed E-state index contributed by atoms with van der Waals surface area (Å²) >= 11 is 0. The maximum atomic E-state index is 12.0. The van der Waals surface area contributed by atoms with Gasteiger partial charge in [0.05, 0.1) is 12.2 Å². The van der Waals surface area contributed by atoms with Crippen LogP contribution in [-0.4, -0.2) is 19.1 Å². The molecule has 1 aliphatic carbocycles. The summed E-state index contributed by atoms with van der Waals surface area (Å²) in [7, 11) is 0. The molecule has 0 fully saturated rings. The fraction of sp³-hybridized carbons (Fsp3) is 0.423. The number of allylic oxidation sites excluding steroid dienone is 2. The molecule has 3 nitrogen and oxygen atoms in total. The topological polar surface area (TPSA) is 29.5 Å². The van der Waals surface area contributed by atoms with Crippen LogP contribution < -0.4 is 4.90 Å². The Balaban J connectivity index is 2.04. The number of ether oxygens (including phenoxy) is 1. The standard InChI is InChI=1S/C26H33NO2/c1-7-15-27(21-11-9-20(10-12-21)25(28)29-8-2)24-17-23-22(16-19(24)4)18(3)13-14-26(23,5)6/h9-13,16-17H,7-8,14-15H2,1-6H3. The molecule has 0 bridgehead atoms. The van der Waals surface area contributed by atoms with E-state index in [1.165, 1.54) is 28.0 Å². The predicted octanol–water partition coefficient (Wildman–Crippen LogP) is 6.80. The Morgan fingerprint density at radius 1 is 1.10 bits per heavy atom. The smallest absolute Gasteiger partial charge is 0.338 e. The van der Waals surface area contributed by atoms with Gasteiger partial charge in [-0.15, -0.1) is 0 Å². The van der Waals surface area contributed by atoms with Crippen LogP contribution in [0.15, 0.2) is 42.5 Å². The van der Waals surface area contributed by atoms with Gasteiger partial charge in [0, 0.05) is 17.9 Å². The lowest BCUT2D eigenvalue weighted by molar-refractivity contribution is 0.0526. The highest BCUT2D eigenvalue weighted by molar-refractivity contribution is 5.90. The molecule has 3 rings (SSSR count). The van der Waals surface area contributed by atoms with E-state index in [4.69, 9.17) is 4.74 Å². The summed E-state index contributed by atoms with van der Waals surface area (Å²) in [6.45, 7) is 14.4. The molecule has 2 aromatic carbocycles. The quantitative estimate of drug-likeness (QED) is 0.507. The molecule has 2 aromatic rings. The number of aryl methyl sites for hydroxylation is 1. The SMILES string of the molecule is CCCN(c1ccc(C(=O)OCC)cc1)c1cc2c(cc1C)C(C)=CCC2(C)C. The molecule has 0 spiro atoms. The van der Waals surface area contributed by atoms with Gasteiger partial charge in [0.15, 0.2) is 0 Å². The van der Waals surface area contributed by atoms with Crippen molar-refractivity contribution in [2.75, 3.05) is 18.1 Å². The predicted molar refractivity (Wildman–Crippen MR) is 122 cm³/mol. The Labute approximate surface area is 175 Å². The van der Waals surface area contributed by atoms with Gasteiger partial charge in [-0.2, -0.15) is 0 Å². The molecule has 1 aliphatic rings. The number of anilines is 2. The maximum Gasteiger partial charge on any atom is 0.338 e. The normalized spacial score (nSPS) is 14.8. The summed E-state index contributed by atoms with van der Waals surface area (Å²) in [5, 5.41) is 0. The molecule has 0 unspecified atom stereocenters. The van der Waals surface area contributed by atoms with E-state index in [0.29, 0.717) is 12.2 Å². The van der Waals surface area contributed by atoms with Gasteiger partial charge in [0.2, 0.25) is 0 Å². The number of carbonyl (C=O) groups excluding carboxylic acids is 1. The lowest BCUT2D eigenvalue weighted by Crippen LogP contribution is -2.24. The van der Waals surface area contributed by atoms with E-state index in [0.717, 1.165) is 25.1 Å². The summed E-state index contributed by atoms with van der Waals surface area (Å²) in [5.41, 5.74) is 8.51. The Kier molecular flexibility index (Phi) is 6.16. The van der Waals surface area contributed by atoms with Gasteiger partial charge >= 0.3 is 5.97 Å². The van der Waals surface area contributed by atoms with Crippen LogP contribution in [0.25, 0.3) is 5.57 Å². The maximum absolute atomic E-state index is 12.0. The Morgan fingerprint density at radius 3 is 2.41 bits per heavy atom. The number of hydrogen-bond donors (Lipinski definition) is 0. The second kappa shape index (κ2) is 8.44. The molecule has 0 atom stereocenters. The number of carbonyl (C=O) groups is 1. The minimum atomic E-state index is -0.268. The molecule has 0 aromatic heterocycles. The molecule has 0 saturated heterocycles. The van der Waals surface area contributed by atoms with Gasteiger partial charge in [-0.25, -0.2) is 4.79 Å². The van der Waals surface area contributed by atoms with Crippen LogP contribution in [0.5, 0.6) is 0 Å². The van der Waals surface area contributed by atoms with Crippen LogP contribution in [0, 0.1) is 6.92 Å². The first-order valence-electron chi connectivity index (χ1n) is 10.7. The third-order valence-electron chi connectivity index (χ3n) is 5.84. The lowest BCUT2D eigenvalue weighted by Gasteiger charge is -2.35. The Hall–Kier alpha value is -2.55. The molecule has 0 saturated carbocycles. The van der Waals surface area contributed by atoms with Crippen LogP contribution in [0.2, 0.25) is 0 Å². The molecule has 0 radical (unpaired) electrons. The van der Waals surface area contributed by atoms with Crippen LogP contribution in [0.1, 0.15) is 74.5 Å². The molecule has 0 aliphatic heterocycles. The first-order valence-corrected chi connectivity index (χ1v) is 10.7. The zero-order valence-electron chi connectivity index (χ0n) is 18.6. The van der Waals surface area contributed by atoms with E-state index in [2.05, 4.69) is 57.7 Å². The minimum Gasteiger partial charge on any atom is -0.462 e. The van der Waals surface area contributed by atoms with Crippen molar-refractivity contribution in [3.8, 4) is 0 Å². The third-order valence-corrected chi connectivity index (χ3v) is 5.84. The van der Waals surface area contributed by atoms with Crippen molar-refractivity contribution in [1.29, 1.82) is 0 Å². The average Bonchev–Trinajstić information content (AvgIpc) is 2.70. The molecular formula is C26H33NO2. The minimum absolute atomic E-state index is 0.128. The number of esters is 1. The largest absolute Gasteiger partial charge is 0.462 e. The van der Waals surface area contributed by atoms with E-state index in [9.17, 15) is 4.79 Å². The van der Waals surface area contributed by atoms with Crippen LogP contribution in [-0.2, 0) is 10.2 Å². The van der Waals surface area contributed by atoms with E-state index in [1.54, 1.807) is 0 Å². The van der Waals surface area contributed by atoms with Crippen LogP contribution >= 0.6 is 0 Å². The molecule has 3 heteroatoms. The highest BCUT2D eigenvalue weighted by atomic mass is 16.5. The Morgan fingerprint density at radius 2 is 1.79 bits per heavy atom. The number of fused-ring (bicyclic) bond motifs is 1. The van der Waals surface area contributed by atoms with Crippen molar-refractivity contribution in [2.24, 2.45) is 0 Å². The second-order valence-electron chi connectivity index (χ2n) is 8.58. The number of nitrogens with zero attached hydrogens (tertiary/aromatic N) is 1. The van der Waals surface area contributed by atoms with Crippen molar-refractivity contribution < 1.29 is 9.53 Å². The molecule has 0 N–H and O–H groups in total. The van der Waals surface area contributed by atoms with Gasteiger partial charge in [0.1, 0.15) is 0 Å². The third kappa shape index (κ3) is 4.24. The fourth-order valence-corrected chi connectivity index (χ4v) is 4.11. The second-order valence-corrected chi connectivity index (χ2v) is 8.58. The fourth-order valence-electron chi connectivity index (χ4n) is 4.11. The van der Waals surface area contributed by atoms with E-state index in [-0.39, 0.29) is 11.4 Å². The van der Waals surface area contributed by atoms with E-state index >= 15 is 0 Å². The molecule has 29 heavy (non-hydrogen) atoms. The lowest BCUT2D eigenvalue weighted by atomic mass is 9.73. The van der Waals surface area contributed by atoms with Crippen LogP contribution in [0.4, 0.5) is 11.4 Å². The summed E-state index contributed by atoms with van der Waals surface area (Å²) in [5.74, 6) is -0.268. The van der Waals surface area contributed by atoms with Crippen molar-refractivity contribution >= 4 is 22.9 Å². The summed E-state index contributed by atoms with van der Waals surface area (Å²) in [6.07, 6.45) is 4.47. The van der Waals surface area contributed by atoms with Gasteiger partial charge in [0.25, 0.3) is 0 Å². The van der Waals surface area contributed by atoms with Crippen molar-refractivity contribution in [3.63, 3.8) is 0 Å². The van der Waals surface area contributed by atoms with Gasteiger partial charge in [-0.05, 0) is 97.7 Å². The van der Waals surface area contributed by atoms with Gasteiger partial charge in [-0.1, -0.05) is 26.8 Å². The average molecular weight is 392 g/mol. The van der Waals surface area contributed by atoms with Crippen molar-refractivity contribution in [1.82, 2.24) is 0 Å².